The monoisotopic (exact) mass is 280 g/mol. The molecule has 0 saturated carbocycles. The lowest BCUT2D eigenvalue weighted by molar-refractivity contribution is 0.556. The van der Waals surface area contributed by atoms with Crippen molar-refractivity contribution in [3.63, 3.8) is 0 Å². The molecule has 3 rings (SSSR count). The maximum absolute atomic E-state index is 4.51. The lowest BCUT2D eigenvalue weighted by Crippen LogP contribution is -2.25. The molecular formula is C17H20N4. The topological polar surface area (TPSA) is 42.7 Å². The number of fused-ring (bicyclic) bond motifs is 1. The van der Waals surface area contributed by atoms with Crippen LogP contribution in [0.15, 0.2) is 48.9 Å². The number of aryl methyl sites for hydroxylation is 1. The van der Waals surface area contributed by atoms with Crippen LogP contribution in [0.1, 0.15) is 30.8 Å². The fourth-order valence-corrected chi connectivity index (χ4v) is 2.57. The molecule has 1 aromatic carbocycles. The second kappa shape index (κ2) is 6.06. The van der Waals surface area contributed by atoms with Gasteiger partial charge in [-0.1, -0.05) is 25.1 Å². The van der Waals surface area contributed by atoms with Gasteiger partial charge in [-0.2, -0.15) is 0 Å². The Kier molecular flexibility index (Phi) is 3.97. The van der Waals surface area contributed by atoms with Crippen LogP contribution in [0.25, 0.3) is 10.9 Å². The van der Waals surface area contributed by atoms with Gasteiger partial charge in [0.15, 0.2) is 0 Å². The van der Waals surface area contributed by atoms with Gasteiger partial charge >= 0.3 is 0 Å². The number of imidazole rings is 1. The Morgan fingerprint density at radius 1 is 1.19 bits per heavy atom. The van der Waals surface area contributed by atoms with Crippen LogP contribution in [0, 0.1) is 0 Å². The van der Waals surface area contributed by atoms with Crippen molar-refractivity contribution in [2.45, 2.75) is 19.4 Å². The molecule has 0 fully saturated rings. The number of aromatic nitrogens is 3. The predicted octanol–water partition coefficient (Wildman–Crippen LogP) is 3.06. The fraction of sp³-hybridized carbons (Fsp3) is 0.294. The molecule has 2 aromatic heterocycles. The van der Waals surface area contributed by atoms with Crippen molar-refractivity contribution < 1.29 is 0 Å². The zero-order chi connectivity index (χ0) is 14.7. The highest BCUT2D eigenvalue weighted by Crippen LogP contribution is 2.23. The molecule has 3 aromatic rings. The smallest absolute Gasteiger partial charge is 0.130 e. The predicted molar refractivity (Wildman–Crippen MR) is 85.1 cm³/mol. The summed E-state index contributed by atoms with van der Waals surface area (Å²) in [6.07, 6.45) is 6.75. The number of hydrogen-bond acceptors (Lipinski definition) is 3. The molecule has 0 aliphatic carbocycles. The summed E-state index contributed by atoms with van der Waals surface area (Å²) in [6, 6.07) is 10.6. The number of pyridine rings is 1. The highest BCUT2D eigenvalue weighted by molar-refractivity contribution is 5.79. The number of hydrogen-bond donors (Lipinski definition) is 1. The Bertz CT molecular complexity index is 732. The normalized spacial score (nSPS) is 12.7. The lowest BCUT2D eigenvalue weighted by Gasteiger charge is -2.19. The fourth-order valence-electron chi connectivity index (χ4n) is 2.57. The average Bonchev–Trinajstić information content (AvgIpc) is 2.94. The minimum absolute atomic E-state index is 0.0938. The molecule has 0 amide bonds. The summed E-state index contributed by atoms with van der Waals surface area (Å²) in [7, 11) is 2.03. The van der Waals surface area contributed by atoms with Crippen LogP contribution in [0.4, 0.5) is 0 Å². The van der Waals surface area contributed by atoms with Crippen LogP contribution in [0.3, 0.4) is 0 Å². The molecule has 2 heterocycles. The summed E-state index contributed by atoms with van der Waals surface area (Å²) in [4.78, 5) is 8.96. The molecule has 21 heavy (non-hydrogen) atoms. The SMILES string of the molecule is CCCNC(c1ccc2cccnc2c1)c1nccn1C. The van der Waals surface area contributed by atoms with E-state index in [1.807, 2.05) is 31.7 Å². The van der Waals surface area contributed by atoms with Crippen molar-refractivity contribution >= 4 is 10.9 Å². The number of nitrogens with zero attached hydrogens (tertiary/aromatic N) is 3. The summed E-state index contributed by atoms with van der Waals surface area (Å²) in [5.74, 6) is 1.03. The first-order valence-electron chi connectivity index (χ1n) is 7.35. The van der Waals surface area contributed by atoms with E-state index >= 15 is 0 Å². The van der Waals surface area contributed by atoms with E-state index in [2.05, 4.69) is 51.0 Å². The minimum Gasteiger partial charge on any atom is -0.336 e. The third kappa shape index (κ3) is 2.81. The molecule has 4 heteroatoms. The lowest BCUT2D eigenvalue weighted by atomic mass is 10.0. The molecule has 0 radical (unpaired) electrons. The summed E-state index contributed by atoms with van der Waals surface area (Å²) >= 11 is 0. The van der Waals surface area contributed by atoms with E-state index in [9.17, 15) is 0 Å². The van der Waals surface area contributed by atoms with Gasteiger partial charge in [-0.05, 0) is 30.7 Å². The second-order valence-electron chi connectivity index (χ2n) is 5.24. The van der Waals surface area contributed by atoms with Crippen LogP contribution in [-0.2, 0) is 7.05 Å². The van der Waals surface area contributed by atoms with Crippen LogP contribution in [-0.4, -0.2) is 21.1 Å². The molecular weight excluding hydrogens is 260 g/mol. The summed E-state index contributed by atoms with van der Waals surface area (Å²) in [6.45, 7) is 3.13. The van der Waals surface area contributed by atoms with Crippen molar-refractivity contribution in [1.82, 2.24) is 19.9 Å². The number of rotatable bonds is 5. The number of nitrogens with one attached hydrogen (secondary N) is 1. The van der Waals surface area contributed by atoms with Crippen molar-refractivity contribution in [3.05, 3.63) is 60.3 Å². The van der Waals surface area contributed by atoms with E-state index in [-0.39, 0.29) is 6.04 Å². The quantitative estimate of drug-likeness (QED) is 0.781. The van der Waals surface area contributed by atoms with Crippen molar-refractivity contribution in [3.8, 4) is 0 Å². The molecule has 0 aliphatic heterocycles. The van der Waals surface area contributed by atoms with Gasteiger partial charge in [0.25, 0.3) is 0 Å². The first-order chi connectivity index (χ1) is 10.3. The van der Waals surface area contributed by atoms with Gasteiger partial charge in [-0.25, -0.2) is 4.98 Å². The molecule has 4 nitrogen and oxygen atoms in total. The average molecular weight is 280 g/mol. The van der Waals surface area contributed by atoms with Gasteiger partial charge in [0.1, 0.15) is 5.82 Å². The van der Waals surface area contributed by atoms with Crippen LogP contribution in [0.2, 0.25) is 0 Å². The molecule has 0 aliphatic rings. The van der Waals surface area contributed by atoms with E-state index in [1.54, 1.807) is 0 Å². The van der Waals surface area contributed by atoms with E-state index in [4.69, 9.17) is 0 Å². The summed E-state index contributed by atoms with van der Waals surface area (Å²) in [5, 5.41) is 4.74. The van der Waals surface area contributed by atoms with Gasteiger partial charge < -0.3 is 9.88 Å². The van der Waals surface area contributed by atoms with Gasteiger partial charge in [0, 0.05) is 31.0 Å². The van der Waals surface area contributed by atoms with Gasteiger partial charge in [-0.15, -0.1) is 0 Å². The summed E-state index contributed by atoms with van der Waals surface area (Å²) in [5.41, 5.74) is 2.22. The second-order valence-corrected chi connectivity index (χ2v) is 5.24. The molecule has 1 N–H and O–H groups in total. The standard InChI is InChI=1S/C17H20N4/c1-3-8-19-16(17-20-10-11-21(17)2)14-7-6-13-5-4-9-18-15(13)12-14/h4-7,9-12,16,19H,3,8H2,1-2H3. The maximum Gasteiger partial charge on any atom is 0.130 e. The third-order valence-electron chi connectivity index (χ3n) is 3.68. The summed E-state index contributed by atoms with van der Waals surface area (Å²) < 4.78 is 2.07. The Balaban J connectivity index is 2.03. The van der Waals surface area contributed by atoms with Crippen LogP contribution >= 0.6 is 0 Å². The van der Waals surface area contributed by atoms with E-state index in [1.165, 1.54) is 5.56 Å². The largest absolute Gasteiger partial charge is 0.336 e. The van der Waals surface area contributed by atoms with Gasteiger partial charge in [0.2, 0.25) is 0 Å². The molecule has 0 spiro atoms. The zero-order valence-electron chi connectivity index (χ0n) is 12.5. The van der Waals surface area contributed by atoms with Crippen LogP contribution in [0.5, 0.6) is 0 Å². The minimum atomic E-state index is 0.0938. The van der Waals surface area contributed by atoms with Gasteiger partial charge in [-0.3, -0.25) is 4.98 Å². The van der Waals surface area contributed by atoms with E-state index in [0.717, 1.165) is 29.7 Å². The Hall–Kier alpha value is -2.20. The van der Waals surface area contributed by atoms with Crippen molar-refractivity contribution in [2.24, 2.45) is 7.05 Å². The Morgan fingerprint density at radius 3 is 2.86 bits per heavy atom. The highest BCUT2D eigenvalue weighted by atomic mass is 15.1. The Morgan fingerprint density at radius 2 is 2.10 bits per heavy atom. The highest BCUT2D eigenvalue weighted by Gasteiger charge is 2.17. The molecule has 0 bridgehead atoms. The molecule has 108 valence electrons. The molecule has 1 unspecified atom stereocenters. The van der Waals surface area contributed by atoms with Crippen LogP contribution < -0.4 is 5.32 Å². The first-order valence-corrected chi connectivity index (χ1v) is 7.35. The van der Waals surface area contributed by atoms with Gasteiger partial charge in [0.05, 0.1) is 11.6 Å². The zero-order valence-corrected chi connectivity index (χ0v) is 12.5. The van der Waals surface area contributed by atoms with Crippen molar-refractivity contribution in [1.29, 1.82) is 0 Å². The Labute approximate surface area is 124 Å². The molecule has 0 saturated heterocycles. The number of benzene rings is 1. The van der Waals surface area contributed by atoms with E-state index < -0.39 is 0 Å². The molecule has 1 atom stereocenters. The first kappa shape index (κ1) is 13.8. The van der Waals surface area contributed by atoms with Crippen molar-refractivity contribution in [2.75, 3.05) is 6.54 Å². The van der Waals surface area contributed by atoms with E-state index in [0.29, 0.717) is 0 Å². The maximum atomic E-state index is 4.51. The third-order valence-corrected chi connectivity index (χ3v) is 3.68.